The van der Waals surface area contributed by atoms with Gasteiger partial charge in [0.2, 0.25) is 12.3 Å². The Morgan fingerprint density at radius 2 is 2.47 bits per heavy atom. The molecular formula is C11H16N4O2. The first kappa shape index (κ1) is 11.5. The maximum absolute atomic E-state index is 10.5. The van der Waals surface area contributed by atoms with Crippen molar-refractivity contribution in [3.8, 4) is 5.88 Å². The minimum atomic E-state index is 0.00771. The zero-order chi connectivity index (χ0) is 12.3. The first-order chi connectivity index (χ1) is 8.26. The molecule has 0 saturated carbocycles. The Balaban J connectivity index is 2.23. The number of nitrogen functional groups attached to an aromatic ring is 1. The molecule has 0 spiro atoms. The third-order valence-electron chi connectivity index (χ3n) is 2.88. The van der Waals surface area contributed by atoms with E-state index in [1.54, 1.807) is 6.07 Å². The van der Waals surface area contributed by atoms with Crippen molar-refractivity contribution in [3.63, 3.8) is 0 Å². The molecule has 1 aromatic heterocycles. The van der Waals surface area contributed by atoms with E-state index in [1.165, 1.54) is 7.11 Å². The summed E-state index contributed by atoms with van der Waals surface area (Å²) in [6.07, 6.45) is 2.68. The van der Waals surface area contributed by atoms with Gasteiger partial charge in [0.05, 0.1) is 12.8 Å². The smallest absolute Gasteiger partial charge is 0.238 e. The van der Waals surface area contributed by atoms with Crippen LogP contribution in [0.4, 0.5) is 11.5 Å². The monoisotopic (exact) mass is 236 g/mol. The van der Waals surface area contributed by atoms with Crippen LogP contribution >= 0.6 is 0 Å². The number of anilines is 2. The van der Waals surface area contributed by atoms with E-state index in [-0.39, 0.29) is 6.17 Å². The Hall–Kier alpha value is -1.98. The van der Waals surface area contributed by atoms with E-state index in [9.17, 15) is 4.79 Å². The largest absolute Gasteiger partial charge is 0.479 e. The number of nitrogens with one attached hydrogen (secondary N) is 1. The van der Waals surface area contributed by atoms with Crippen molar-refractivity contribution in [2.24, 2.45) is 0 Å². The Morgan fingerprint density at radius 1 is 1.65 bits per heavy atom. The lowest BCUT2D eigenvalue weighted by Gasteiger charge is -2.25. The predicted molar refractivity (Wildman–Crippen MR) is 64.8 cm³/mol. The average molecular weight is 236 g/mol. The van der Waals surface area contributed by atoms with Crippen molar-refractivity contribution >= 4 is 17.9 Å². The molecule has 0 aromatic carbocycles. The van der Waals surface area contributed by atoms with Gasteiger partial charge in [-0.25, -0.2) is 0 Å². The van der Waals surface area contributed by atoms with Crippen LogP contribution in [0.25, 0.3) is 0 Å². The molecule has 0 radical (unpaired) electrons. The van der Waals surface area contributed by atoms with Crippen LogP contribution < -0.4 is 20.7 Å². The third kappa shape index (κ3) is 2.25. The lowest BCUT2D eigenvalue weighted by atomic mass is 10.3. The fraction of sp³-hybridized carbons (Fsp3) is 0.455. The van der Waals surface area contributed by atoms with Crippen molar-refractivity contribution in [2.75, 3.05) is 24.3 Å². The summed E-state index contributed by atoms with van der Waals surface area (Å²) in [5.41, 5.74) is 6.22. The molecular weight excluding hydrogens is 220 g/mol. The SMILES string of the molecule is COc1nc(N2CCCC2NC=O)ccc1N. The lowest BCUT2D eigenvalue weighted by molar-refractivity contribution is -0.110. The maximum atomic E-state index is 10.5. The second-order valence-corrected chi connectivity index (χ2v) is 3.90. The molecule has 6 heteroatoms. The Labute approximate surface area is 99.8 Å². The quantitative estimate of drug-likeness (QED) is 0.737. The predicted octanol–water partition coefficient (Wildman–Crippen LogP) is 0.345. The van der Waals surface area contributed by atoms with Crippen LogP contribution in [0.1, 0.15) is 12.8 Å². The van der Waals surface area contributed by atoms with Gasteiger partial charge in [0.25, 0.3) is 0 Å². The van der Waals surface area contributed by atoms with Gasteiger partial charge in [-0.05, 0) is 25.0 Å². The number of aromatic nitrogens is 1. The Bertz CT molecular complexity index is 410. The summed E-state index contributed by atoms with van der Waals surface area (Å²) in [6.45, 7) is 0.867. The average Bonchev–Trinajstić information content (AvgIpc) is 2.78. The van der Waals surface area contributed by atoms with E-state index in [1.807, 2.05) is 11.0 Å². The van der Waals surface area contributed by atoms with Crippen LogP contribution in [-0.4, -0.2) is 31.2 Å². The Morgan fingerprint density at radius 3 is 3.18 bits per heavy atom. The first-order valence-corrected chi connectivity index (χ1v) is 5.53. The summed E-state index contributed by atoms with van der Waals surface area (Å²) in [6, 6.07) is 3.60. The molecule has 1 unspecified atom stereocenters. The molecule has 0 bridgehead atoms. The molecule has 92 valence electrons. The maximum Gasteiger partial charge on any atom is 0.238 e. The first-order valence-electron chi connectivity index (χ1n) is 5.53. The number of nitrogens with zero attached hydrogens (tertiary/aromatic N) is 2. The number of ether oxygens (including phenoxy) is 1. The number of pyridine rings is 1. The van der Waals surface area contributed by atoms with E-state index >= 15 is 0 Å². The highest BCUT2D eigenvalue weighted by Gasteiger charge is 2.25. The molecule has 1 aromatic rings. The molecule has 1 fully saturated rings. The summed E-state index contributed by atoms with van der Waals surface area (Å²) in [7, 11) is 1.54. The van der Waals surface area contributed by atoms with Gasteiger partial charge in [-0.1, -0.05) is 0 Å². The Kier molecular flexibility index (Phi) is 3.32. The van der Waals surface area contributed by atoms with Crippen molar-refractivity contribution in [1.82, 2.24) is 10.3 Å². The molecule has 1 amide bonds. The van der Waals surface area contributed by atoms with Crippen LogP contribution in [-0.2, 0) is 4.79 Å². The molecule has 2 rings (SSSR count). The number of methoxy groups -OCH3 is 1. The number of carbonyl (C=O) groups is 1. The second kappa shape index (κ2) is 4.90. The van der Waals surface area contributed by atoms with Gasteiger partial charge < -0.3 is 20.7 Å². The molecule has 1 aliphatic rings. The molecule has 6 nitrogen and oxygen atoms in total. The standard InChI is InChI=1S/C11H16N4O2/c1-17-11-8(12)4-5-10(14-11)15-6-2-3-9(15)13-7-16/h4-5,7,9H,2-3,6,12H2,1H3,(H,13,16). The molecule has 0 aliphatic carbocycles. The summed E-state index contributed by atoms with van der Waals surface area (Å²) in [4.78, 5) is 16.9. The molecule has 1 saturated heterocycles. The van der Waals surface area contributed by atoms with Crippen LogP contribution in [0.5, 0.6) is 5.88 Å². The van der Waals surface area contributed by atoms with Crippen LogP contribution in [0.15, 0.2) is 12.1 Å². The van der Waals surface area contributed by atoms with Crippen molar-refractivity contribution in [3.05, 3.63) is 12.1 Å². The van der Waals surface area contributed by atoms with Gasteiger partial charge in [-0.3, -0.25) is 4.79 Å². The van der Waals surface area contributed by atoms with E-state index in [0.29, 0.717) is 11.6 Å². The van der Waals surface area contributed by atoms with Gasteiger partial charge >= 0.3 is 0 Å². The van der Waals surface area contributed by atoms with Crippen molar-refractivity contribution in [1.29, 1.82) is 0 Å². The minimum absolute atomic E-state index is 0.00771. The fourth-order valence-electron chi connectivity index (χ4n) is 2.06. The lowest BCUT2D eigenvalue weighted by Crippen LogP contribution is -2.41. The van der Waals surface area contributed by atoms with Gasteiger partial charge in [-0.2, -0.15) is 4.98 Å². The van der Waals surface area contributed by atoms with Crippen molar-refractivity contribution in [2.45, 2.75) is 19.0 Å². The van der Waals surface area contributed by atoms with E-state index in [4.69, 9.17) is 10.5 Å². The zero-order valence-electron chi connectivity index (χ0n) is 9.72. The normalized spacial score (nSPS) is 19.1. The third-order valence-corrected chi connectivity index (χ3v) is 2.88. The highest BCUT2D eigenvalue weighted by Crippen LogP contribution is 2.27. The summed E-state index contributed by atoms with van der Waals surface area (Å²) < 4.78 is 5.09. The van der Waals surface area contributed by atoms with E-state index < -0.39 is 0 Å². The van der Waals surface area contributed by atoms with Crippen LogP contribution in [0.2, 0.25) is 0 Å². The summed E-state index contributed by atoms with van der Waals surface area (Å²) in [5, 5.41) is 2.78. The number of rotatable bonds is 4. The number of nitrogens with two attached hydrogens (primary N) is 1. The fourth-order valence-corrected chi connectivity index (χ4v) is 2.06. The number of hydrogen-bond acceptors (Lipinski definition) is 5. The van der Waals surface area contributed by atoms with Crippen LogP contribution in [0.3, 0.4) is 0 Å². The summed E-state index contributed by atoms with van der Waals surface area (Å²) >= 11 is 0. The zero-order valence-corrected chi connectivity index (χ0v) is 9.72. The highest BCUT2D eigenvalue weighted by atomic mass is 16.5. The number of carbonyl (C=O) groups excluding carboxylic acids is 1. The van der Waals surface area contributed by atoms with Gasteiger partial charge in [0.15, 0.2) is 0 Å². The molecule has 1 atom stereocenters. The summed E-state index contributed by atoms with van der Waals surface area (Å²) in [5.74, 6) is 1.19. The topological polar surface area (TPSA) is 80.5 Å². The minimum Gasteiger partial charge on any atom is -0.479 e. The molecule has 1 aliphatic heterocycles. The van der Waals surface area contributed by atoms with Gasteiger partial charge in [-0.15, -0.1) is 0 Å². The number of amides is 1. The molecule has 17 heavy (non-hydrogen) atoms. The number of hydrogen-bond donors (Lipinski definition) is 2. The van der Waals surface area contributed by atoms with E-state index in [0.717, 1.165) is 31.6 Å². The van der Waals surface area contributed by atoms with Gasteiger partial charge in [0, 0.05) is 6.54 Å². The van der Waals surface area contributed by atoms with Gasteiger partial charge in [0.1, 0.15) is 12.0 Å². The highest BCUT2D eigenvalue weighted by molar-refractivity contribution is 5.56. The second-order valence-electron chi connectivity index (χ2n) is 3.90. The van der Waals surface area contributed by atoms with E-state index in [2.05, 4.69) is 10.3 Å². The van der Waals surface area contributed by atoms with Crippen LogP contribution in [0, 0.1) is 0 Å². The molecule has 3 N–H and O–H groups in total. The molecule has 2 heterocycles. The van der Waals surface area contributed by atoms with Crippen molar-refractivity contribution < 1.29 is 9.53 Å².